The maximum absolute atomic E-state index is 15.5. The molecule has 240 valence electrons. The average molecular weight is 641 g/mol. The summed E-state index contributed by atoms with van der Waals surface area (Å²) in [5.41, 5.74) is 2.20. The normalized spacial score (nSPS) is 13.3. The van der Waals surface area contributed by atoms with E-state index in [1.165, 1.54) is 31.4 Å². The highest BCUT2D eigenvalue weighted by molar-refractivity contribution is 5.92. The summed E-state index contributed by atoms with van der Waals surface area (Å²) >= 11 is 0. The van der Waals surface area contributed by atoms with Crippen molar-refractivity contribution in [3.8, 4) is 29.0 Å². The molecule has 2 aromatic heterocycles. The van der Waals surface area contributed by atoms with Crippen LogP contribution in [0.4, 0.5) is 13.2 Å². The lowest BCUT2D eigenvalue weighted by Crippen LogP contribution is -2.42. The summed E-state index contributed by atoms with van der Waals surface area (Å²) < 4.78 is 58.4. The molecule has 1 N–H and O–H groups in total. The summed E-state index contributed by atoms with van der Waals surface area (Å²) in [4.78, 5) is 22.6. The van der Waals surface area contributed by atoms with Crippen molar-refractivity contribution < 1.29 is 32.5 Å². The third-order valence-electron chi connectivity index (χ3n) is 7.99. The van der Waals surface area contributed by atoms with E-state index in [1.54, 1.807) is 34.9 Å². The van der Waals surface area contributed by atoms with Gasteiger partial charge in [-0.3, -0.25) is 0 Å². The van der Waals surface area contributed by atoms with Crippen LogP contribution in [-0.2, 0) is 24.3 Å². The first-order chi connectivity index (χ1) is 22.7. The van der Waals surface area contributed by atoms with Gasteiger partial charge in [0, 0.05) is 61.8 Å². The molecule has 5 aromatic rings. The number of carboxylic acids is 1. The Hall–Kier alpha value is -5.18. The fourth-order valence-corrected chi connectivity index (χ4v) is 5.48. The van der Waals surface area contributed by atoms with E-state index >= 15 is 8.78 Å². The van der Waals surface area contributed by atoms with Crippen molar-refractivity contribution in [1.29, 1.82) is 0 Å². The van der Waals surface area contributed by atoms with Crippen LogP contribution in [-0.4, -0.2) is 64.4 Å². The Morgan fingerprint density at radius 1 is 0.979 bits per heavy atom. The lowest BCUT2D eigenvalue weighted by molar-refractivity contribution is 0.0697. The van der Waals surface area contributed by atoms with Crippen LogP contribution in [0.25, 0.3) is 22.3 Å². The molecule has 0 amide bonds. The molecular formula is C36H31F3N4O4. The van der Waals surface area contributed by atoms with Crippen molar-refractivity contribution in [3.63, 3.8) is 0 Å². The molecule has 0 radical (unpaired) electrons. The van der Waals surface area contributed by atoms with Gasteiger partial charge in [0.1, 0.15) is 29.9 Å². The van der Waals surface area contributed by atoms with Gasteiger partial charge < -0.3 is 24.0 Å². The first kappa shape index (κ1) is 31.8. The molecule has 3 aromatic carbocycles. The van der Waals surface area contributed by atoms with Crippen molar-refractivity contribution in [3.05, 3.63) is 112 Å². The molecule has 8 nitrogen and oxygen atoms in total. The maximum Gasteiger partial charge on any atom is 0.335 e. The molecule has 1 aliphatic rings. The number of carboxylic acid groups (broad SMARTS) is 1. The largest absolute Gasteiger partial charge is 0.478 e. The number of aromatic carboxylic acids is 1. The third kappa shape index (κ3) is 7.14. The van der Waals surface area contributed by atoms with E-state index in [9.17, 15) is 14.3 Å². The number of aromatic nitrogens is 3. The Morgan fingerprint density at radius 3 is 2.53 bits per heavy atom. The number of rotatable bonds is 10. The zero-order valence-corrected chi connectivity index (χ0v) is 25.8. The van der Waals surface area contributed by atoms with Crippen LogP contribution in [0.3, 0.4) is 0 Å². The third-order valence-corrected chi connectivity index (χ3v) is 7.99. The SMILES string of the molecule is COCCn1c(Cc2cc(F)c(-c3cccc(OCc4ccc(C#CC5CN(C)C5)cc4F)n3)cc2F)nc2ccc(C(=O)O)cc21. The molecule has 0 saturated carbocycles. The Balaban J connectivity index is 1.18. The highest BCUT2D eigenvalue weighted by Gasteiger charge is 2.21. The van der Waals surface area contributed by atoms with Crippen molar-refractivity contribution in [2.24, 2.45) is 5.92 Å². The number of hydrogen-bond donors (Lipinski definition) is 1. The van der Waals surface area contributed by atoms with Crippen LogP contribution >= 0.6 is 0 Å². The van der Waals surface area contributed by atoms with Crippen molar-refractivity contribution in [2.75, 3.05) is 33.9 Å². The molecular weight excluding hydrogens is 609 g/mol. The van der Waals surface area contributed by atoms with E-state index in [2.05, 4.69) is 26.7 Å². The topological polar surface area (TPSA) is 89.7 Å². The number of methoxy groups -OCH3 is 1. The Labute approximate surface area is 269 Å². The Morgan fingerprint density at radius 2 is 1.79 bits per heavy atom. The number of pyridine rings is 1. The van der Waals surface area contributed by atoms with Crippen LogP contribution in [0.5, 0.6) is 5.88 Å². The minimum Gasteiger partial charge on any atom is -0.478 e. The van der Waals surface area contributed by atoms with Gasteiger partial charge in [0.2, 0.25) is 5.88 Å². The standard InChI is InChI=1S/C36H31F3N4O4/c1-42-19-23(20-42)7-6-22-8-9-25(28(37)14-22)21-47-35-5-3-4-31(41-35)27-18-29(38)26(15-30(27)39)17-34-40-32-11-10-24(36(44)45)16-33(32)43(34)12-13-46-2/h3-5,8-11,14-16,18,23H,12-13,17,19-21H2,1-2H3,(H,44,45). The molecule has 1 fully saturated rings. The fraction of sp³-hybridized carbons (Fsp3) is 0.250. The smallest absolute Gasteiger partial charge is 0.335 e. The van der Waals surface area contributed by atoms with Gasteiger partial charge in [-0.15, -0.1) is 0 Å². The van der Waals surface area contributed by atoms with E-state index in [4.69, 9.17) is 9.47 Å². The lowest BCUT2D eigenvalue weighted by Gasteiger charge is -2.32. The van der Waals surface area contributed by atoms with Crippen LogP contribution in [0.1, 0.15) is 32.9 Å². The number of imidazole rings is 1. The molecule has 11 heteroatoms. The second kappa shape index (κ2) is 13.7. The van der Waals surface area contributed by atoms with Gasteiger partial charge in [0.15, 0.2) is 0 Å². The number of ether oxygens (including phenoxy) is 2. The van der Waals surface area contributed by atoms with E-state index in [1.807, 2.05) is 7.05 Å². The fourth-order valence-electron chi connectivity index (χ4n) is 5.48. The molecule has 0 bridgehead atoms. The average Bonchev–Trinajstić information content (AvgIpc) is 3.38. The van der Waals surface area contributed by atoms with Crippen molar-refractivity contribution in [1.82, 2.24) is 19.4 Å². The predicted octanol–water partition coefficient (Wildman–Crippen LogP) is 5.94. The molecule has 47 heavy (non-hydrogen) atoms. The van der Waals surface area contributed by atoms with Gasteiger partial charge in [-0.1, -0.05) is 24.0 Å². The predicted molar refractivity (Wildman–Crippen MR) is 170 cm³/mol. The van der Waals surface area contributed by atoms with E-state index in [-0.39, 0.29) is 41.3 Å². The Bertz CT molecular complexity index is 2030. The van der Waals surface area contributed by atoms with Gasteiger partial charge in [0.05, 0.1) is 28.9 Å². The molecule has 1 saturated heterocycles. The van der Waals surface area contributed by atoms with Crippen molar-refractivity contribution >= 4 is 17.0 Å². The number of carbonyl (C=O) groups is 1. The van der Waals surface area contributed by atoms with Crippen LogP contribution in [0.15, 0.2) is 66.7 Å². The number of halogens is 3. The summed E-state index contributed by atoms with van der Waals surface area (Å²) in [5, 5.41) is 9.43. The number of benzene rings is 3. The monoisotopic (exact) mass is 640 g/mol. The lowest BCUT2D eigenvalue weighted by atomic mass is 10.0. The van der Waals surface area contributed by atoms with E-state index in [0.29, 0.717) is 47.1 Å². The molecule has 1 aliphatic heterocycles. The van der Waals surface area contributed by atoms with E-state index in [0.717, 1.165) is 25.2 Å². The Kier molecular flexibility index (Phi) is 9.24. The second-order valence-electron chi connectivity index (χ2n) is 11.4. The molecule has 0 atom stereocenters. The summed E-state index contributed by atoms with van der Waals surface area (Å²) in [7, 11) is 3.56. The maximum atomic E-state index is 15.5. The molecule has 3 heterocycles. The van der Waals surface area contributed by atoms with Crippen LogP contribution in [0.2, 0.25) is 0 Å². The van der Waals surface area contributed by atoms with Crippen LogP contribution < -0.4 is 4.74 Å². The molecule has 0 spiro atoms. The quantitative estimate of drug-likeness (QED) is 0.189. The minimum atomic E-state index is -1.08. The van der Waals surface area contributed by atoms with Crippen LogP contribution in [0, 0.1) is 35.2 Å². The first-order valence-corrected chi connectivity index (χ1v) is 15.0. The zero-order chi connectivity index (χ0) is 33.1. The zero-order valence-electron chi connectivity index (χ0n) is 25.8. The van der Waals surface area contributed by atoms with E-state index < -0.39 is 23.4 Å². The summed E-state index contributed by atoms with van der Waals surface area (Å²) in [6, 6.07) is 16.1. The number of hydrogen-bond acceptors (Lipinski definition) is 6. The highest BCUT2D eigenvalue weighted by atomic mass is 19.1. The van der Waals surface area contributed by atoms with Gasteiger partial charge >= 0.3 is 5.97 Å². The summed E-state index contributed by atoms with van der Waals surface area (Å²) in [6.07, 6.45) is -0.0473. The van der Waals surface area contributed by atoms with Gasteiger partial charge in [-0.2, -0.15) is 0 Å². The van der Waals surface area contributed by atoms with Gasteiger partial charge in [-0.25, -0.2) is 27.9 Å². The first-order valence-electron chi connectivity index (χ1n) is 15.0. The van der Waals surface area contributed by atoms with Crippen molar-refractivity contribution in [2.45, 2.75) is 19.6 Å². The van der Waals surface area contributed by atoms with Gasteiger partial charge in [-0.05, 0) is 61.1 Å². The molecule has 6 rings (SSSR count). The van der Waals surface area contributed by atoms with Gasteiger partial charge in [0.25, 0.3) is 0 Å². The summed E-state index contributed by atoms with van der Waals surface area (Å²) in [6.45, 7) is 2.35. The number of fused-ring (bicyclic) bond motifs is 1. The molecule has 0 aliphatic carbocycles. The molecule has 0 unspecified atom stereocenters. The minimum absolute atomic E-state index is 0.0473. The second-order valence-corrected chi connectivity index (χ2v) is 11.4. The summed E-state index contributed by atoms with van der Waals surface area (Å²) in [5.74, 6) is 4.11. The number of likely N-dealkylation sites (tertiary alicyclic amines) is 1. The number of nitrogens with zero attached hydrogens (tertiary/aromatic N) is 4. The highest BCUT2D eigenvalue weighted by Crippen LogP contribution is 2.28.